The van der Waals surface area contributed by atoms with Crippen LogP contribution in [-0.2, 0) is 17.9 Å². The molecule has 4 nitrogen and oxygen atoms in total. The molecule has 5 heteroatoms. The highest BCUT2D eigenvalue weighted by atomic mass is 19.1. The number of benzene rings is 1. The van der Waals surface area contributed by atoms with Crippen LogP contribution in [0.3, 0.4) is 0 Å². The van der Waals surface area contributed by atoms with Crippen LogP contribution >= 0.6 is 0 Å². The summed E-state index contributed by atoms with van der Waals surface area (Å²) in [5.41, 5.74) is 0.142. The lowest BCUT2D eigenvalue weighted by Crippen LogP contribution is -2.26. The highest BCUT2D eigenvalue weighted by Gasteiger charge is 2.28. The van der Waals surface area contributed by atoms with Crippen molar-refractivity contribution in [3.05, 3.63) is 23.3 Å². The Kier molecular flexibility index (Phi) is 4.75. The largest absolute Gasteiger partial charge is 0.493 e. The van der Waals surface area contributed by atoms with Gasteiger partial charge in [-0.2, -0.15) is 0 Å². The molecule has 0 fully saturated rings. The van der Waals surface area contributed by atoms with Crippen molar-refractivity contribution < 1.29 is 23.8 Å². The van der Waals surface area contributed by atoms with Crippen LogP contribution in [0, 0.1) is 5.41 Å². The maximum Gasteiger partial charge on any atom is 0.309 e. The van der Waals surface area contributed by atoms with Gasteiger partial charge in [-0.25, -0.2) is 4.39 Å². The van der Waals surface area contributed by atoms with Gasteiger partial charge < -0.3 is 14.6 Å². The number of hydrogen-bond donors (Lipinski definition) is 1. The molecular weight excluding hydrogens is 251 g/mol. The Bertz CT molecular complexity index is 444. The Balaban J connectivity index is 3.20. The van der Waals surface area contributed by atoms with Gasteiger partial charge in [0.1, 0.15) is 6.67 Å². The van der Waals surface area contributed by atoms with E-state index in [0.29, 0.717) is 22.6 Å². The van der Waals surface area contributed by atoms with Crippen LogP contribution < -0.4 is 9.47 Å². The highest BCUT2D eigenvalue weighted by molar-refractivity contribution is 5.74. The molecule has 0 bridgehead atoms. The van der Waals surface area contributed by atoms with Crippen LogP contribution in [0.5, 0.6) is 11.5 Å². The molecule has 0 aliphatic heterocycles. The number of carboxylic acids is 1. The Labute approximate surface area is 112 Å². The van der Waals surface area contributed by atoms with Crippen molar-refractivity contribution in [2.45, 2.75) is 26.9 Å². The molecule has 0 aliphatic carbocycles. The normalized spacial score (nSPS) is 11.2. The fourth-order valence-electron chi connectivity index (χ4n) is 1.89. The fourth-order valence-corrected chi connectivity index (χ4v) is 1.89. The van der Waals surface area contributed by atoms with Crippen LogP contribution in [-0.4, -0.2) is 25.3 Å². The predicted octanol–water partition coefficient (Wildman–Crippen LogP) is 2.83. The van der Waals surface area contributed by atoms with E-state index in [1.165, 1.54) is 14.2 Å². The molecule has 19 heavy (non-hydrogen) atoms. The summed E-state index contributed by atoms with van der Waals surface area (Å²) in [6.07, 6.45) is 0.287. The van der Waals surface area contributed by atoms with Gasteiger partial charge in [-0.1, -0.05) is 0 Å². The number of aliphatic carboxylic acids is 1. The van der Waals surface area contributed by atoms with Gasteiger partial charge >= 0.3 is 5.97 Å². The van der Waals surface area contributed by atoms with Gasteiger partial charge in [0.05, 0.1) is 19.6 Å². The maximum atomic E-state index is 13.0. The molecule has 0 saturated heterocycles. The van der Waals surface area contributed by atoms with E-state index in [1.54, 1.807) is 26.0 Å². The van der Waals surface area contributed by atoms with Gasteiger partial charge in [-0.15, -0.1) is 0 Å². The number of ether oxygens (including phenoxy) is 2. The molecule has 0 atom stereocenters. The quantitative estimate of drug-likeness (QED) is 0.863. The third-order valence-corrected chi connectivity index (χ3v) is 2.98. The number of rotatable bonds is 6. The van der Waals surface area contributed by atoms with E-state index in [-0.39, 0.29) is 6.42 Å². The van der Waals surface area contributed by atoms with Crippen LogP contribution in [0.2, 0.25) is 0 Å². The molecule has 106 valence electrons. The van der Waals surface area contributed by atoms with Crippen molar-refractivity contribution in [3.63, 3.8) is 0 Å². The van der Waals surface area contributed by atoms with Gasteiger partial charge in [-0.05, 0) is 38.0 Å². The Hall–Kier alpha value is -1.78. The summed E-state index contributed by atoms with van der Waals surface area (Å²) in [4.78, 5) is 11.1. The zero-order valence-electron chi connectivity index (χ0n) is 11.6. The second-order valence-electron chi connectivity index (χ2n) is 4.99. The van der Waals surface area contributed by atoms with E-state index in [2.05, 4.69) is 0 Å². The second-order valence-corrected chi connectivity index (χ2v) is 4.99. The zero-order chi connectivity index (χ0) is 14.6. The van der Waals surface area contributed by atoms with E-state index in [4.69, 9.17) is 14.6 Å². The monoisotopic (exact) mass is 270 g/mol. The molecule has 0 amide bonds. The number of halogens is 1. The topological polar surface area (TPSA) is 55.8 Å². The van der Waals surface area contributed by atoms with Crippen LogP contribution in [0.1, 0.15) is 25.0 Å². The summed E-state index contributed by atoms with van der Waals surface area (Å²) in [5, 5.41) is 9.13. The number of hydrogen-bond acceptors (Lipinski definition) is 3. The lowest BCUT2D eigenvalue weighted by atomic mass is 9.85. The summed E-state index contributed by atoms with van der Waals surface area (Å²) < 4.78 is 23.3. The Morgan fingerprint density at radius 3 is 2.37 bits per heavy atom. The molecule has 0 aromatic heterocycles. The molecule has 0 heterocycles. The van der Waals surface area contributed by atoms with Crippen molar-refractivity contribution >= 4 is 5.97 Å². The summed E-state index contributed by atoms with van der Waals surface area (Å²) in [6.45, 7) is 2.56. The van der Waals surface area contributed by atoms with Gasteiger partial charge in [-0.3, -0.25) is 4.79 Å². The second kappa shape index (κ2) is 5.91. The average molecular weight is 270 g/mol. The first-order chi connectivity index (χ1) is 8.85. The van der Waals surface area contributed by atoms with Gasteiger partial charge in [0.2, 0.25) is 0 Å². The molecule has 0 saturated carbocycles. The first-order valence-electron chi connectivity index (χ1n) is 5.89. The molecule has 1 aromatic carbocycles. The minimum Gasteiger partial charge on any atom is -0.493 e. The maximum absolute atomic E-state index is 13.0. The first-order valence-corrected chi connectivity index (χ1v) is 5.89. The molecular formula is C14H19FO4. The van der Waals surface area contributed by atoms with Crippen molar-refractivity contribution in [2.24, 2.45) is 5.41 Å². The highest BCUT2D eigenvalue weighted by Crippen LogP contribution is 2.35. The molecule has 1 rings (SSSR count). The average Bonchev–Trinajstić information content (AvgIpc) is 2.36. The molecule has 0 aliphatic rings. The fraction of sp³-hybridized carbons (Fsp3) is 0.500. The predicted molar refractivity (Wildman–Crippen MR) is 69.5 cm³/mol. The van der Waals surface area contributed by atoms with Crippen molar-refractivity contribution in [2.75, 3.05) is 14.2 Å². The van der Waals surface area contributed by atoms with Crippen molar-refractivity contribution in [1.82, 2.24) is 0 Å². The minimum absolute atomic E-state index is 0.287. The van der Waals surface area contributed by atoms with E-state index < -0.39 is 18.1 Å². The molecule has 1 N–H and O–H groups in total. The standard InChI is InChI=1S/C14H19FO4/c1-14(2,13(16)17)7-9-5-10(8-15)12(19-4)11(6-9)18-3/h5-6H,7-8H2,1-4H3,(H,16,17). The summed E-state index contributed by atoms with van der Waals surface area (Å²) in [5.74, 6) is -0.139. The van der Waals surface area contributed by atoms with Crippen molar-refractivity contribution in [3.8, 4) is 11.5 Å². The van der Waals surface area contributed by atoms with Crippen LogP contribution in [0.25, 0.3) is 0 Å². The molecule has 0 radical (unpaired) electrons. The lowest BCUT2D eigenvalue weighted by Gasteiger charge is -2.20. The minimum atomic E-state index is -0.923. The lowest BCUT2D eigenvalue weighted by molar-refractivity contribution is -0.146. The molecule has 0 unspecified atom stereocenters. The van der Waals surface area contributed by atoms with Crippen LogP contribution in [0.4, 0.5) is 4.39 Å². The Morgan fingerprint density at radius 2 is 1.95 bits per heavy atom. The molecule has 1 aromatic rings. The third kappa shape index (κ3) is 3.36. The molecule has 0 spiro atoms. The van der Waals surface area contributed by atoms with Gasteiger partial charge in [0.25, 0.3) is 0 Å². The summed E-state index contributed by atoms with van der Waals surface area (Å²) in [6, 6.07) is 3.30. The van der Waals surface area contributed by atoms with Gasteiger partial charge in [0, 0.05) is 5.56 Å². The summed E-state index contributed by atoms with van der Waals surface area (Å²) >= 11 is 0. The summed E-state index contributed by atoms with van der Waals surface area (Å²) in [7, 11) is 2.91. The van der Waals surface area contributed by atoms with E-state index >= 15 is 0 Å². The third-order valence-electron chi connectivity index (χ3n) is 2.98. The first kappa shape index (κ1) is 15.3. The zero-order valence-corrected chi connectivity index (χ0v) is 11.6. The number of carboxylic acid groups (broad SMARTS) is 1. The van der Waals surface area contributed by atoms with E-state index in [1.807, 2.05) is 0 Å². The SMILES string of the molecule is COc1cc(CC(C)(C)C(=O)O)cc(CF)c1OC. The number of alkyl halides is 1. The van der Waals surface area contributed by atoms with E-state index in [0.717, 1.165) is 0 Å². The number of carbonyl (C=O) groups is 1. The number of methoxy groups -OCH3 is 2. The van der Waals surface area contributed by atoms with Gasteiger partial charge in [0.15, 0.2) is 11.5 Å². The smallest absolute Gasteiger partial charge is 0.309 e. The Morgan fingerprint density at radius 1 is 1.32 bits per heavy atom. The van der Waals surface area contributed by atoms with Crippen molar-refractivity contribution in [1.29, 1.82) is 0 Å². The van der Waals surface area contributed by atoms with Crippen LogP contribution in [0.15, 0.2) is 12.1 Å². The van der Waals surface area contributed by atoms with E-state index in [9.17, 15) is 9.18 Å².